The molecule has 0 spiro atoms. The van der Waals surface area contributed by atoms with Gasteiger partial charge in [0.25, 0.3) is 0 Å². The van der Waals surface area contributed by atoms with Crippen LogP contribution in [0.5, 0.6) is 0 Å². The van der Waals surface area contributed by atoms with Crippen molar-refractivity contribution in [1.29, 1.82) is 0 Å². The minimum Gasteiger partial charge on any atom is -0.398 e. The Bertz CT molecular complexity index is 299. The van der Waals surface area contributed by atoms with Crippen LogP contribution in [0, 0.1) is 12.3 Å². The number of nitrogen functional groups attached to an aromatic ring is 1. The van der Waals surface area contributed by atoms with E-state index < -0.39 is 0 Å². The van der Waals surface area contributed by atoms with Crippen LogP contribution in [0.15, 0.2) is 24.3 Å². The Kier molecular flexibility index (Phi) is 3.87. The summed E-state index contributed by atoms with van der Waals surface area (Å²) in [6.07, 6.45) is 5.88. The molecule has 1 aromatic rings. The smallest absolute Gasteiger partial charge is 0.0359 e. The molecule has 0 aliphatic heterocycles. The molecule has 2 nitrogen and oxygen atoms in total. The van der Waals surface area contributed by atoms with Crippen molar-refractivity contribution in [3.8, 4) is 12.3 Å². The lowest BCUT2D eigenvalue weighted by atomic mass is 10.2. The average molecular weight is 174 g/mol. The van der Waals surface area contributed by atoms with Gasteiger partial charge in [-0.25, -0.2) is 0 Å². The minimum absolute atomic E-state index is 0.757. The van der Waals surface area contributed by atoms with Gasteiger partial charge >= 0.3 is 0 Å². The van der Waals surface area contributed by atoms with Gasteiger partial charge in [0, 0.05) is 25.2 Å². The number of nitrogens with one attached hydrogen (secondary N) is 1. The van der Waals surface area contributed by atoms with Gasteiger partial charge in [0.15, 0.2) is 0 Å². The van der Waals surface area contributed by atoms with E-state index in [1.165, 1.54) is 0 Å². The van der Waals surface area contributed by atoms with Gasteiger partial charge in [-0.2, -0.15) is 0 Å². The monoisotopic (exact) mass is 174 g/mol. The Balaban J connectivity index is 2.37. The second-order valence-electron chi connectivity index (χ2n) is 2.83. The zero-order valence-electron chi connectivity index (χ0n) is 7.59. The normalized spacial score (nSPS) is 9.46. The van der Waals surface area contributed by atoms with Crippen molar-refractivity contribution in [2.75, 3.05) is 12.3 Å². The molecule has 0 saturated carbocycles. The van der Waals surface area contributed by atoms with Crippen molar-refractivity contribution in [2.24, 2.45) is 0 Å². The largest absolute Gasteiger partial charge is 0.398 e. The summed E-state index contributed by atoms with van der Waals surface area (Å²) in [5.74, 6) is 2.57. The van der Waals surface area contributed by atoms with Gasteiger partial charge in [-0.05, 0) is 11.6 Å². The van der Waals surface area contributed by atoms with Crippen LogP contribution in [0.4, 0.5) is 5.69 Å². The van der Waals surface area contributed by atoms with Crippen molar-refractivity contribution in [1.82, 2.24) is 5.32 Å². The molecule has 2 heteroatoms. The first-order chi connectivity index (χ1) is 6.34. The van der Waals surface area contributed by atoms with Gasteiger partial charge < -0.3 is 11.1 Å². The maximum atomic E-state index is 5.75. The molecular weight excluding hydrogens is 160 g/mol. The Hall–Kier alpha value is -1.46. The summed E-state index contributed by atoms with van der Waals surface area (Å²) in [5, 5.41) is 3.22. The van der Waals surface area contributed by atoms with Crippen molar-refractivity contribution < 1.29 is 0 Å². The number of nitrogens with two attached hydrogens (primary N) is 1. The molecule has 13 heavy (non-hydrogen) atoms. The van der Waals surface area contributed by atoms with Crippen LogP contribution in [-0.2, 0) is 6.54 Å². The fourth-order valence-electron chi connectivity index (χ4n) is 1.08. The zero-order chi connectivity index (χ0) is 9.52. The van der Waals surface area contributed by atoms with Crippen LogP contribution in [-0.4, -0.2) is 6.54 Å². The van der Waals surface area contributed by atoms with Gasteiger partial charge in [-0.15, -0.1) is 12.3 Å². The van der Waals surface area contributed by atoms with Crippen molar-refractivity contribution in [3.63, 3.8) is 0 Å². The number of benzene rings is 1. The molecule has 0 aromatic heterocycles. The molecule has 0 saturated heterocycles. The van der Waals surface area contributed by atoms with E-state index in [1.54, 1.807) is 0 Å². The summed E-state index contributed by atoms with van der Waals surface area (Å²) >= 11 is 0. The van der Waals surface area contributed by atoms with E-state index in [2.05, 4.69) is 11.2 Å². The molecule has 0 amide bonds. The lowest BCUT2D eigenvalue weighted by Gasteiger charge is -2.05. The van der Waals surface area contributed by atoms with Crippen molar-refractivity contribution >= 4 is 5.69 Å². The highest BCUT2D eigenvalue weighted by atomic mass is 14.8. The summed E-state index contributed by atoms with van der Waals surface area (Å²) < 4.78 is 0. The minimum atomic E-state index is 0.757. The van der Waals surface area contributed by atoms with E-state index in [0.29, 0.717) is 0 Å². The molecule has 1 aromatic carbocycles. The van der Waals surface area contributed by atoms with E-state index in [-0.39, 0.29) is 0 Å². The highest BCUT2D eigenvalue weighted by Gasteiger charge is 1.95. The lowest BCUT2D eigenvalue weighted by molar-refractivity contribution is 0.702. The first-order valence-corrected chi connectivity index (χ1v) is 4.32. The first kappa shape index (κ1) is 9.63. The number of hydrogen-bond donors (Lipinski definition) is 2. The Labute approximate surface area is 79.1 Å². The molecule has 0 radical (unpaired) electrons. The van der Waals surface area contributed by atoms with E-state index in [1.807, 2.05) is 24.3 Å². The average Bonchev–Trinajstić information content (AvgIpc) is 2.15. The number of terminal acetylenes is 1. The Morgan fingerprint density at radius 1 is 1.38 bits per heavy atom. The van der Waals surface area contributed by atoms with E-state index in [9.17, 15) is 0 Å². The number of hydrogen-bond acceptors (Lipinski definition) is 2. The summed E-state index contributed by atoms with van der Waals surface area (Å²) in [6.45, 7) is 1.62. The molecule has 0 atom stereocenters. The molecular formula is C11H14N2. The van der Waals surface area contributed by atoms with Crippen LogP contribution >= 0.6 is 0 Å². The molecule has 0 bridgehead atoms. The van der Waals surface area contributed by atoms with Crippen LogP contribution in [0.2, 0.25) is 0 Å². The third kappa shape index (κ3) is 3.18. The Morgan fingerprint density at radius 3 is 2.85 bits per heavy atom. The summed E-state index contributed by atoms with van der Waals surface area (Å²) in [5.41, 5.74) is 7.71. The standard InChI is InChI=1S/C11H14N2/c1-2-3-8-13-9-10-6-4-5-7-11(10)12/h1,4-7,13H,3,8-9,12H2. The van der Waals surface area contributed by atoms with Gasteiger partial charge in [-0.3, -0.25) is 0 Å². The zero-order valence-corrected chi connectivity index (χ0v) is 7.59. The Morgan fingerprint density at radius 2 is 2.15 bits per heavy atom. The van der Waals surface area contributed by atoms with Gasteiger partial charge in [0.1, 0.15) is 0 Å². The van der Waals surface area contributed by atoms with Crippen molar-refractivity contribution in [2.45, 2.75) is 13.0 Å². The number of anilines is 1. The summed E-state index contributed by atoms with van der Waals surface area (Å²) in [7, 11) is 0. The van der Waals surface area contributed by atoms with Crippen LogP contribution in [0.25, 0.3) is 0 Å². The molecule has 0 heterocycles. The molecule has 0 aliphatic rings. The highest BCUT2D eigenvalue weighted by Crippen LogP contribution is 2.09. The predicted octanol–water partition coefficient (Wildman–Crippen LogP) is 1.38. The second kappa shape index (κ2) is 5.23. The van der Waals surface area contributed by atoms with Gasteiger partial charge in [0.2, 0.25) is 0 Å². The fourth-order valence-corrected chi connectivity index (χ4v) is 1.08. The van der Waals surface area contributed by atoms with Crippen LogP contribution in [0.3, 0.4) is 0 Å². The molecule has 3 N–H and O–H groups in total. The molecule has 0 unspecified atom stereocenters. The van der Waals surface area contributed by atoms with Crippen LogP contribution < -0.4 is 11.1 Å². The fraction of sp³-hybridized carbons (Fsp3) is 0.273. The third-order valence-electron chi connectivity index (χ3n) is 1.82. The maximum Gasteiger partial charge on any atom is 0.0359 e. The molecule has 1 rings (SSSR count). The second-order valence-corrected chi connectivity index (χ2v) is 2.83. The first-order valence-electron chi connectivity index (χ1n) is 4.32. The highest BCUT2D eigenvalue weighted by molar-refractivity contribution is 5.46. The molecule has 0 fully saturated rings. The van der Waals surface area contributed by atoms with Gasteiger partial charge in [0.05, 0.1) is 0 Å². The van der Waals surface area contributed by atoms with E-state index in [4.69, 9.17) is 12.2 Å². The predicted molar refractivity (Wildman–Crippen MR) is 56.0 cm³/mol. The molecule has 68 valence electrons. The van der Waals surface area contributed by atoms with E-state index in [0.717, 1.165) is 30.8 Å². The maximum absolute atomic E-state index is 5.75. The van der Waals surface area contributed by atoms with Gasteiger partial charge in [-0.1, -0.05) is 18.2 Å². The topological polar surface area (TPSA) is 38.0 Å². The van der Waals surface area contributed by atoms with E-state index >= 15 is 0 Å². The van der Waals surface area contributed by atoms with Crippen molar-refractivity contribution in [3.05, 3.63) is 29.8 Å². The summed E-state index contributed by atoms with van der Waals surface area (Å²) in [6, 6.07) is 7.82. The summed E-state index contributed by atoms with van der Waals surface area (Å²) in [4.78, 5) is 0. The quantitative estimate of drug-likeness (QED) is 0.411. The van der Waals surface area contributed by atoms with Crippen LogP contribution in [0.1, 0.15) is 12.0 Å². The SMILES string of the molecule is C#CCCNCc1ccccc1N. The lowest BCUT2D eigenvalue weighted by Crippen LogP contribution is -2.15. The number of rotatable bonds is 4. The third-order valence-corrected chi connectivity index (χ3v) is 1.82. The molecule has 0 aliphatic carbocycles. The number of para-hydroxylation sites is 1.